The predicted molar refractivity (Wildman–Crippen MR) is 71.6 cm³/mol. The van der Waals surface area contributed by atoms with Gasteiger partial charge >= 0.3 is 0 Å². The first-order chi connectivity index (χ1) is 8.20. The Hall–Kier alpha value is -0.570. The average molecular weight is 254 g/mol. The lowest BCUT2D eigenvalue weighted by molar-refractivity contribution is 0.0337. The summed E-state index contributed by atoms with van der Waals surface area (Å²) in [4.78, 5) is 0. The molecule has 0 amide bonds. The van der Waals surface area contributed by atoms with Gasteiger partial charge in [0.15, 0.2) is 0 Å². The van der Waals surface area contributed by atoms with E-state index < -0.39 is 0 Å². The molecule has 3 unspecified atom stereocenters. The van der Waals surface area contributed by atoms with Crippen molar-refractivity contribution in [2.75, 3.05) is 7.05 Å². The van der Waals surface area contributed by atoms with Gasteiger partial charge in [-0.15, -0.1) is 0 Å². The molecule has 2 nitrogen and oxygen atoms in total. The largest absolute Gasteiger partial charge is 0.374 e. The molecule has 17 heavy (non-hydrogen) atoms. The van der Waals surface area contributed by atoms with Gasteiger partial charge in [0.2, 0.25) is 0 Å². The molecule has 0 spiro atoms. The van der Waals surface area contributed by atoms with Crippen molar-refractivity contribution in [2.45, 2.75) is 44.4 Å². The van der Waals surface area contributed by atoms with Gasteiger partial charge in [-0.05, 0) is 44.9 Å². The fourth-order valence-electron chi connectivity index (χ4n) is 2.45. The van der Waals surface area contributed by atoms with Gasteiger partial charge in [-0.1, -0.05) is 29.8 Å². The van der Waals surface area contributed by atoms with E-state index in [1.807, 2.05) is 25.2 Å². The fourth-order valence-corrected chi connectivity index (χ4v) is 2.66. The lowest BCUT2D eigenvalue weighted by Crippen LogP contribution is -2.39. The minimum atomic E-state index is 0.311. The van der Waals surface area contributed by atoms with Crippen LogP contribution in [0.15, 0.2) is 24.3 Å². The van der Waals surface area contributed by atoms with Crippen LogP contribution in [0.25, 0.3) is 0 Å². The Balaban J connectivity index is 2.03. The highest BCUT2D eigenvalue weighted by molar-refractivity contribution is 6.31. The highest BCUT2D eigenvalue weighted by Crippen LogP contribution is 2.25. The Morgan fingerprint density at radius 1 is 1.41 bits per heavy atom. The Morgan fingerprint density at radius 3 is 2.76 bits per heavy atom. The summed E-state index contributed by atoms with van der Waals surface area (Å²) < 4.78 is 5.92. The Labute approximate surface area is 108 Å². The molecule has 1 aromatic carbocycles. The third-order valence-corrected chi connectivity index (χ3v) is 3.85. The van der Waals surface area contributed by atoms with E-state index in [1.165, 1.54) is 5.56 Å². The van der Waals surface area contributed by atoms with Crippen LogP contribution < -0.4 is 5.32 Å². The van der Waals surface area contributed by atoms with E-state index in [4.69, 9.17) is 16.3 Å². The highest BCUT2D eigenvalue weighted by Gasteiger charge is 2.28. The lowest BCUT2D eigenvalue weighted by Gasteiger charge is -2.23. The zero-order valence-corrected chi connectivity index (χ0v) is 11.2. The van der Waals surface area contributed by atoms with E-state index in [1.54, 1.807) is 0 Å². The van der Waals surface area contributed by atoms with Gasteiger partial charge < -0.3 is 10.1 Å². The number of benzene rings is 1. The molecule has 1 aliphatic rings. The zero-order chi connectivity index (χ0) is 12.3. The monoisotopic (exact) mass is 253 g/mol. The molecule has 1 N–H and O–H groups in total. The van der Waals surface area contributed by atoms with Crippen LogP contribution in [0, 0.1) is 0 Å². The Bertz CT molecular complexity index is 369. The number of likely N-dealkylation sites (N-methyl/N-ethyl adjacent to an activating group) is 1. The second kappa shape index (κ2) is 5.85. The number of ether oxygens (including phenoxy) is 1. The standard InChI is InChI=1S/C14H20ClNO/c1-10-7-8-14(17-10)13(16-2)9-11-5-3-4-6-12(11)15/h3-6,10,13-14,16H,7-9H2,1-2H3. The summed E-state index contributed by atoms with van der Waals surface area (Å²) in [5.41, 5.74) is 1.19. The molecule has 3 atom stereocenters. The number of nitrogens with one attached hydrogen (secondary N) is 1. The molecule has 1 heterocycles. The Kier molecular flexibility index (Phi) is 4.43. The van der Waals surface area contributed by atoms with Gasteiger partial charge in [-0.25, -0.2) is 0 Å². The van der Waals surface area contributed by atoms with Crippen LogP contribution in [-0.4, -0.2) is 25.3 Å². The van der Waals surface area contributed by atoms with Crippen LogP contribution in [0.2, 0.25) is 5.02 Å². The van der Waals surface area contributed by atoms with Gasteiger partial charge in [0.25, 0.3) is 0 Å². The van der Waals surface area contributed by atoms with Crippen LogP contribution in [0.3, 0.4) is 0 Å². The molecule has 94 valence electrons. The maximum Gasteiger partial charge on any atom is 0.0735 e. The quantitative estimate of drug-likeness (QED) is 0.891. The Morgan fingerprint density at radius 2 is 2.18 bits per heavy atom. The predicted octanol–water partition coefficient (Wildman–Crippen LogP) is 3.04. The first-order valence-corrected chi connectivity index (χ1v) is 6.64. The van der Waals surface area contributed by atoms with E-state index in [0.29, 0.717) is 18.2 Å². The molecule has 0 aliphatic carbocycles. The summed E-state index contributed by atoms with van der Waals surface area (Å²) >= 11 is 6.19. The summed E-state index contributed by atoms with van der Waals surface area (Å²) in [6.45, 7) is 2.14. The van der Waals surface area contributed by atoms with Crippen molar-refractivity contribution in [3.8, 4) is 0 Å². The molecule has 2 rings (SSSR count). The normalized spacial score (nSPS) is 26.1. The molecule has 1 fully saturated rings. The van der Waals surface area contributed by atoms with Crippen molar-refractivity contribution in [3.05, 3.63) is 34.9 Å². The first kappa shape index (κ1) is 12.9. The van der Waals surface area contributed by atoms with Crippen molar-refractivity contribution in [3.63, 3.8) is 0 Å². The zero-order valence-electron chi connectivity index (χ0n) is 10.4. The molecule has 0 radical (unpaired) electrons. The van der Waals surface area contributed by atoms with Crippen molar-refractivity contribution in [1.82, 2.24) is 5.32 Å². The van der Waals surface area contributed by atoms with Crippen LogP contribution in [0.4, 0.5) is 0 Å². The number of hydrogen-bond donors (Lipinski definition) is 1. The molecule has 3 heteroatoms. The maximum atomic E-state index is 6.19. The maximum absolute atomic E-state index is 6.19. The summed E-state index contributed by atoms with van der Waals surface area (Å²) in [6, 6.07) is 8.38. The summed E-state index contributed by atoms with van der Waals surface area (Å²) in [5, 5.41) is 4.20. The molecule has 1 saturated heterocycles. The molecule has 0 bridgehead atoms. The second-order valence-electron chi connectivity index (χ2n) is 4.75. The van der Waals surface area contributed by atoms with Crippen LogP contribution in [0.5, 0.6) is 0 Å². The summed E-state index contributed by atoms with van der Waals surface area (Å²) in [6.07, 6.45) is 3.92. The van der Waals surface area contributed by atoms with Gasteiger partial charge in [-0.2, -0.15) is 0 Å². The smallest absolute Gasteiger partial charge is 0.0735 e. The highest BCUT2D eigenvalue weighted by atomic mass is 35.5. The van der Waals surface area contributed by atoms with Crippen LogP contribution in [-0.2, 0) is 11.2 Å². The van der Waals surface area contributed by atoms with Gasteiger partial charge in [-0.3, -0.25) is 0 Å². The minimum Gasteiger partial charge on any atom is -0.374 e. The van der Waals surface area contributed by atoms with Crippen molar-refractivity contribution >= 4 is 11.6 Å². The molecule has 0 aromatic heterocycles. The number of rotatable bonds is 4. The first-order valence-electron chi connectivity index (χ1n) is 6.27. The van der Waals surface area contributed by atoms with Crippen LogP contribution >= 0.6 is 11.6 Å². The van der Waals surface area contributed by atoms with Crippen LogP contribution in [0.1, 0.15) is 25.3 Å². The topological polar surface area (TPSA) is 21.3 Å². The second-order valence-corrected chi connectivity index (χ2v) is 5.16. The molecular formula is C14H20ClNO. The van der Waals surface area contributed by atoms with Crippen molar-refractivity contribution in [2.24, 2.45) is 0 Å². The van der Waals surface area contributed by atoms with Gasteiger partial charge in [0.05, 0.1) is 12.2 Å². The summed E-state index contributed by atoms with van der Waals surface area (Å²) in [5.74, 6) is 0. The van der Waals surface area contributed by atoms with E-state index in [2.05, 4.69) is 18.3 Å². The average Bonchev–Trinajstić information content (AvgIpc) is 2.75. The molecule has 0 saturated carbocycles. The lowest BCUT2D eigenvalue weighted by atomic mass is 9.99. The molecule has 1 aromatic rings. The fraction of sp³-hybridized carbons (Fsp3) is 0.571. The number of hydrogen-bond acceptors (Lipinski definition) is 2. The van der Waals surface area contributed by atoms with Crippen molar-refractivity contribution < 1.29 is 4.74 Å². The SMILES string of the molecule is CNC(Cc1ccccc1Cl)C1CCC(C)O1. The van der Waals surface area contributed by atoms with E-state index >= 15 is 0 Å². The van der Waals surface area contributed by atoms with E-state index in [0.717, 1.165) is 24.3 Å². The van der Waals surface area contributed by atoms with Gasteiger partial charge in [0.1, 0.15) is 0 Å². The number of halogens is 1. The van der Waals surface area contributed by atoms with Gasteiger partial charge in [0, 0.05) is 11.1 Å². The third kappa shape index (κ3) is 3.21. The third-order valence-electron chi connectivity index (χ3n) is 3.48. The van der Waals surface area contributed by atoms with Crippen molar-refractivity contribution in [1.29, 1.82) is 0 Å². The molecular weight excluding hydrogens is 234 g/mol. The van der Waals surface area contributed by atoms with E-state index in [9.17, 15) is 0 Å². The molecule has 1 aliphatic heterocycles. The minimum absolute atomic E-state index is 0.311. The summed E-state index contributed by atoms with van der Waals surface area (Å²) in [7, 11) is 1.99. The van der Waals surface area contributed by atoms with E-state index in [-0.39, 0.29) is 0 Å².